The summed E-state index contributed by atoms with van der Waals surface area (Å²) in [5.41, 5.74) is 1.95. The number of fused-ring (bicyclic) bond motifs is 1. The summed E-state index contributed by atoms with van der Waals surface area (Å²) >= 11 is 0. The summed E-state index contributed by atoms with van der Waals surface area (Å²) in [4.78, 5) is 18.0. The van der Waals surface area contributed by atoms with E-state index in [-0.39, 0.29) is 5.56 Å². The number of methoxy groups -OCH3 is 1. The maximum Gasteiger partial charge on any atom is 0.269 e. The number of aromatic nitrogens is 4. The highest BCUT2D eigenvalue weighted by atomic mass is 16.5. The second-order valence-electron chi connectivity index (χ2n) is 5.82. The second kappa shape index (κ2) is 6.48. The molecule has 0 amide bonds. The van der Waals surface area contributed by atoms with Gasteiger partial charge in [-0.2, -0.15) is 5.10 Å². The summed E-state index contributed by atoms with van der Waals surface area (Å²) in [7, 11) is 1.59. The minimum absolute atomic E-state index is 0.154. The third-order valence-electron chi connectivity index (χ3n) is 4.31. The predicted octanol–water partition coefficient (Wildman–Crippen LogP) is 3.14. The van der Waals surface area contributed by atoms with E-state index in [0.717, 1.165) is 5.69 Å². The maximum absolute atomic E-state index is 13.2. The van der Waals surface area contributed by atoms with Gasteiger partial charge in [0.2, 0.25) is 0 Å². The van der Waals surface area contributed by atoms with Gasteiger partial charge < -0.3 is 4.74 Å². The van der Waals surface area contributed by atoms with Crippen LogP contribution in [-0.2, 0) is 6.42 Å². The Kier molecular flexibility index (Phi) is 4.01. The molecule has 6 heteroatoms. The molecule has 6 nitrogen and oxygen atoms in total. The van der Waals surface area contributed by atoms with Crippen LogP contribution in [0.1, 0.15) is 12.7 Å². The SMILES string of the molecule is CCc1nc2c(cnn2-c2ccccc2)c(=O)n1-c1ccccc1OC. The number of rotatable bonds is 4. The molecule has 0 radical (unpaired) electrons. The van der Waals surface area contributed by atoms with Gasteiger partial charge in [-0.3, -0.25) is 9.36 Å². The van der Waals surface area contributed by atoms with Gasteiger partial charge in [0.1, 0.15) is 17.0 Å². The van der Waals surface area contributed by atoms with Crippen LogP contribution >= 0.6 is 0 Å². The molecule has 0 spiro atoms. The Balaban J connectivity index is 2.03. The summed E-state index contributed by atoms with van der Waals surface area (Å²) in [5.74, 6) is 1.28. The lowest BCUT2D eigenvalue weighted by molar-refractivity contribution is 0.412. The van der Waals surface area contributed by atoms with Crippen molar-refractivity contribution in [2.45, 2.75) is 13.3 Å². The van der Waals surface area contributed by atoms with Crippen LogP contribution in [0.4, 0.5) is 0 Å². The van der Waals surface area contributed by atoms with Gasteiger partial charge in [-0.1, -0.05) is 37.3 Å². The van der Waals surface area contributed by atoms with Gasteiger partial charge >= 0.3 is 0 Å². The molecule has 0 saturated heterocycles. The highest BCUT2D eigenvalue weighted by Crippen LogP contribution is 2.23. The Labute approximate surface area is 150 Å². The molecule has 0 bridgehead atoms. The molecule has 130 valence electrons. The Morgan fingerprint density at radius 3 is 2.50 bits per heavy atom. The Morgan fingerprint density at radius 2 is 1.77 bits per heavy atom. The van der Waals surface area contributed by atoms with Crippen LogP contribution in [0.2, 0.25) is 0 Å². The van der Waals surface area contributed by atoms with Crippen molar-refractivity contribution in [1.82, 2.24) is 19.3 Å². The van der Waals surface area contributed by atoms with Gasteiger partial charge in [0, 0.05) is 6.42 Å². The van der Waals surface area contributed by atoms with E-state index in [9.17, 15) is 4.79 Å². The van der Waals surface area contributed by atoms with Crippen LogP contribution in [0.15, 0.2) is 65.6 Å². The Hall–Kier alpha value is -3.41. The van der Waals surface area contributed by atoms with Gasteiger partial charge in [-0.15, -0.1) is 0 Å². The standard InChI is InChI=1S/C20H18N4O2/c1-3-18-22-19-15(13-21-24(19)14-9-5-4-6-10-14)20(25)23(18)16-11-7-8-12-17(16)26-2/h4-13H,3H2,1-2H3. The molecule has 0 unspecified atom stereocenters. The molecule has 0 aliphatic carbocycles. The van der Waals surface area contributed by atoms with E-state index in [2.05, 4.69) is 5.10 Å². The van der Waals surface area contributed by atoms with Crippen molar-refractivity contribution in [2.75, 3.05) is 7.11 Å². The van der Waals surface area contributed by atoms with Crippen LogP contribution in [0.3, 0.4) is 0 Å². The number of para-hydroxylation sites is 3. The summed E-state index contributed by atoms with van der Waals surface area (Å²) < 4.78 is 8.74. The topological polar surface area (TPSA) is 61.9 Å². The molecular formula is C20H18N4O2. The quantitative estimate of drug-likeness (QED) is 0.569. The van der Waals surface area contributed by atoms with Crippen LogP contribution in [0.25, 0.3) is 22.4 Å². The Bertz CT molecular complexity index is 1130. The zero-order valence-electron chi connectivity index (χ0n) is 14.6. The first-order chi connectivity index (χ1) is 12.7. The fraction of sp³-hybridized carbons (Fsp3) is 0.150. The fourth-order valence-corrected chi connectivity index (χ4v) is 3.07. The molecule has 2 aromatic heterocycles. The lowest BCUT2D eigenvalue weighted by Crippen LogP contribution is -2.24. The molecule has 26 heavy (non-hydrogen) atoms. The summed E-state index contributed by atoms with van der Waals surface area (Å²) in [6.07, 6.45) is 2.17. The monoisotopic (exact) mass is 346 g/mol. The van der Waals surface area contributed by atoms with E-state index >= 15 is 0 Å². The minimum Gasteiger partial charge on any atom is -0.495 e. The third-order valence-corrected chi connectivity index (χ3v) is 4.31. The van der Waals surface area contributed by atoms with Crippen molar-refractivity contribution in [2.24, 2.45) is 0 Å². The van der Waals surface area contributed by atoms with Gasteiger partial charge in [0.15, 0.2) is 5.65 Å². The Morgan fingerprint density at radius 1 is 1.04 bits per heavy atom. The van der Waals surface area contributed by atoms with Crippen molar-refractivity contribution >= 4 is 11.0 Å². The molecule has 0 saturated carbocycles. The normalized spacial score (nSPS) is 11.0. The predicted molar refractivity (Wildman–Crippen MR) is 100 cm³/mol. The largest absolute Gasteiger partial charge is 0.495 e. The molecule has 2 heterocycles. The average Bonchev–Trinajstić information content (AvgIpc) is 3.13. The lowest BCUT2D eigenvalue weighted by atomic mass is 10.2. The lowest BCUT2D eigenvalue weighted by Gasteiger charge is -2.14. The van der Waals surface area contributed by atoms with Crippen molar-refractivity contribution in [3.05, 3.63) is 77.0 Å². The zero-order valence-corrected chi connectivity index (χ0v) is 14.6. The van der Waals surface area contributed by atoms with E-state index in [0.29, 0.717) is 34.7 Å². The first-order valence-electron chi connectivity index (χ1n) is 8.43. The maximum atomic E-state index is 13.2. The summed E-state index contributed by atoms with van der Waals surface area (Å²) in [5, 5.41) is 4.86. The van der Waals surface area contributed by atoms with Crippen LogP contribution in [0, 0.1) is 0 Å². The molecular weight excluding hydrogens is 328 g/mol. The first-order valence-corrected chi connectivity index (χ1v) is 8.43. The number of hydrogen-bond acceptors (Lipinski definition) is 4. The van der Waals surface area contributed by atoms with E-state index in [4.69, 9.17) is 9.72 Å². The number of hydrogen-bond donors (Lipinski definition) is 0. The van der Waals surface area contributed by atoms with E-state index in [1.165, 1.54) is 0 Å². The first kappa shape index (κ1) is 16.1. The van der Waals surface area contributed by atoms with Gasteiger partial charge in [-0.25, -0.2) is 9.67 Å². The van der Waals surface area contributed by atoms with E-state index < -0.39 is 0 Å². The summed E-state index contributed by atoms with van der Waals surface area (Å²) in [6.45, 7) is 1.97. The number of aryl methyl sites for hydroxylation is 1. The molecule has 0 aliphatic heterocycles. The van der Waals surface area contributed by atoms with E-state index in [1.807, 2.05) is 61.5 Å². The third kappa shape index (κ3) is 2.47. The molecule has 4 rings (SSSR count). The second-order valence-corrected chi connectivity index (χ2v) is 5.82. The smallest absolute Gasteiger partial charge is 0.269 e. The molecule has 0 atom stereocenters. The number of nitrogens with zero attached hydrogens (tertiary/aromatic N) is 4. The molecule has 0 N–H and O–H groups in total. The molecule has 4 aromatic rings. The minimum atomic E-state index is -0.154. The van der Waals surface area contributed by atoms with Crippen molar-refractivity contribution < 1.29 is 4.74 Å². The van der Waals surface area contributed by atoms with Gasteiger partial charge in [-0.05, 0) is 24.3 Å². The van der Waals surface area contributed by atoms with Crippen LogP contribution in [0.5, 0.6) is 5.75 Å². The van der Waals surface area contributed by atoms with Crippen LogP contribution in [-0.4, -0.2) is 26.4 Å². The number of benzene rings is 2. The van der Waals surface area contributed by atoms with E-state index in [1.54, 1.807) is 22.6 Å². The molecule has 0 aliphatic rings. The highest BCUT2D eigenvalue weighted by Gasteiger charge is 2.18. The van der Waals surface area contributed by atoms with Gasteiger partial charge in [0.25, 0.3) is 5.56 Å². The van der Waals surface area contributed by atoms with Gasteiger partial charge in [0.05, 0.1) is 24.7 Å². The summed E-state index contributed by atoms with van der Waals surface area (Å²) in [6, 6.07) is 17.1. The van der Waals surface area contributed by atoms with Crippen molar-refractivity contribution in [1.29, 1.82) is 0 Å². The van der Waals surface area contributed by atoms with Crippen molar-refractivity contribution in [3.63, 3.8) is 0 Å². The number of ether oxygens (including phenoxy) is 1. The van der Waals surface area contributed by atoms with Crippen molar-refractivity contribution in [3.8, 4) is 17.1 Å². The molecule has 0 fully saturated rings. The molecule has 2 aromatic carbocycles. The highest BCUT2D eigenvalue weighted by molar-refractivity contribution is 5.76. The average molecular weight is 346 g/mol. The zero-order chi connectivity index (χ0) is 18.1. The van der Waals surface area contributed by atoms with Crippen LogP contribution < -0.4 is 10.3 Å². The fourth-order valence-electron chi connectivity index (χ4n) is 3.07.